The first-order valence-corrected chi connectivity index (χ1v) is 7.17. The van der Waals surface area contributed by atoms with E-state index in [-0.39, 0.29) is 4.90 Å². The molecule has 17 heavy (non-hydrogen) atoms. The van der Waals surface area contributed by atoms with E-state index in [1.165, 1.54) is 6.07 Å². The normalized spacial score (nSPS) is 18.5. The van der Waals surface area contributed by atoms with E-state index < -0.39 is 10.0 Å². The lowest BCUT2D eigenvalue weighted by Gasteiger charge is -2.23. The average Bonchev–Trinajstić information content (AvgIpc) is 2.38. The van der Waals surface area contributed by atoms with Crippen LogP contribution in [-0.4, -0.2) is 28.1 Å². The molecule has 2 rings (SSSR count). The van der Waals surface area contributed by atoms with Crippen molar-refractivity contribution in [1.82, 2.24) is 4.72 Å². The van der Waals surface area contributed by atoms with E-state index in [0.29, 0.717) is 18.8 Å². The first kappa shape index (κ1) is 12.2. The molecular formula is C11H17N3O2S. The van der Waals surface area contributed by atoms with Crippen LogP contribution in [0.5, 0.6) is 0 Å². The summed E-state index contributed by atoms with van der Waals surface area (Å²) in [5.41, 5.74) is 6.87. The summed E-state index contributed by atoms with van der Waals surface area (Å²) in [6.07, 6.45) is 0.976. The molecule has 0 radical (unpaired) electrons. The molecule has 3 N–H and O–H groups in total. The number of fused-ring (bicyclic) bond motifs is 1. The summed E-state index contributed by atoms with van der Waals surface area (Å²) in [5, 5.41) is 0. The van der Waals surface area contributed by atoms with Crippen LogP contribution in [0.4, 0.5) is 11.4 Å². The van der Waals surface area contributed by atoms with Gasteiger partial charge in [0.1, 0.15) is 4.90 Å². The predicted molar refractivity (Wildman–Crippen MR) is 68.5 cm³/mol. The average molecular weight is 255 g/mol. The second-order valence-corrected chi connectivity index (χ2v) is 5.85. The van der Waals surface area contributed by atoms with Gasteiger partial charge in [-0.1, -0.05) is 6.92 Å². The highest BCUT2D eigenvalue weighted by Crippen LogP contribution is 2.29. The number of sulfonamides is 1. The van der Waals surface area contributed by atoms with Gasteiger partial charge in [-0.15, -0.1) is 0 Å². The highest BCUT2D eigenvalue weighted by atomic mass is 32.2. The molecule has 5 nitrogen and oxygen atoms in total. The fourth-order valence-corrected chi connectivity index (χ4v) is 3.30. The number of nitrogens with one attached hydrogen (secondary N) is 1. The zero-order valence-electron chi connectivity index (χ0n) is 9.81. The second kappa shape index (κ2) is 4.54. The molecule has 0 spiro atoms. The van der Waals surface area contributed by atoms with Gasteiger partial charge >= 0.3 is 0 Å². The summed E-state index contributed by atoms with van der Waals surface area (Å²) in [7, 11) is -3.42. The summed E-state index contributed by atoms with van der Waals surface area (Å²) in [6, 6.07) is 5.04. The molecule has 0 atom stereocenters. The topological polar surface area (TPSA) is 75.4 Å². The first-order valence-electron chi connectivity index (χ1n) is 5.69. The lowest BCUT2D eigenvalue weighted by Crippen LogP contribution is -2.30. The molecule has 1 aliphatic heterocycles. The van der Waals surface area contributed by atoms with Crippen LogP contribution in [0.15, 0.2) is 23.1 Å². The van der Waals surface area contributed by atoms with E-state index in [4.69, 9.17) is 5.73 Å². The van der Waals surface area contributed by atoms with Crippen molar-refractivity contribution in [2.45, 2.75) is 18.2 Å². The van der Waals surface area contributed by atoms with E-state index >= 15 is 0 Å². The third-order valence-corrected chi connectivity index (χ3v) is 4.27. The van der Waals surface area contributed by atoms with Crippen molar-refractivity contribution in [3.05, 3.63) is 18.2 Å². The number of nitrogen functional groups attached to an aromatic ring is 1. The lowest BCUT2D eigenvalue weighted by atomic mass is 10.2. The second-order valence-electron chi connectivity index (χ2n) is 4.11. The molecule has 1 heterocycles. The number of nitrogens with two attached hydrogens (primary N) is 1. The first-order chi connectivity index (χ1) is 8.04. The highest BCUT2D eigenvalue weighted by Gasteiger charge is 2.25. The summed E-state index contributed by atoms with van der Waals surface area (Å²) in [5.74, 6) is 0. The number of benzene rings is 1. The SMILES string of the molecule is CCCN1CCNS(=O)(=O)c2cc(N)ccc21. The monoisotopic (exact) mass is 255 g/mol. The maximum atomic E-state index is 12.0. The third kappa shape index (κ3) is 2.37. The van der Waals surface area contributed by atoms with E-state index in [0.717, 1.165) is 18.7 Å². The molecule has 0 aliphatic carbocycles. The molecule has 0 saturated carbocycles. The molecule has 6 heteroatoms. The van der Waals surface area contributed by atoms with Crippen molar-refractivity contribution in [2.24, 2.45) is 0 Å². The van der Waals surface area contributed by atoms with Gasteiger partial charge in [-0.25, -0.2) is 13.1 Å². The number of hydrogen-bond acceptors (Lipinski definition) is 4. The van der Waals surface area contributed by atoms with E-state index in [9.17, 15) is 8.42 Å². The fraction of sp³-hybridized carbons (Fsp3) is 0.455. The maximum absolute atomic E-state index is 12.0. The molecule has 1 aliphatic rings. The Bertz CT molecular complexity index is 513. The molecule has 0 amide bonds. The smallest absolute Gasteiger partial charge is 0.242 e. The Kier molecular flexibility index (Phi) is 3.26. The molecule has 0 saturated heterocycles. The molecular weight excluding hydrogens is 238 g/mol. The molecule has 0 fully saturated rings. The standard InChI is InChI=1S/C11H17N3O2S/c1-2-6-14-7-5-13-17(15,16)11-8-9(12)3-4-10(11)14/h3-4,8,13H,2,5-7,12H2,1H3. The van der Waals surface area contributed by atoms with Crippen LogP contribution in [0.1, 0.15) is 13.3 Å². The van der Waals surface area contributed by atoms with Gasteiger partial charge < -0.3 is 10.6 Å². The summed E-state index contributed by atoms with van der Waals surface area (Å²) in [6.45, 7) is 4.03. The Morgan fingerprint density at radius 3 is 2.94 bits per heavy atom. The molecule has 94 valence electrons. The number of rotatable bonds is 2. The largest absolute Gasteiger partial charge is 0.399 e. The minimum atomic E-state index is -3.42. The number of nitrogens with zero attached hydrogens (tertiary/aromatic N) is 1. The van der Waals surface area contributed by atoms with Crippen molar-refractivity contribution < 1.29 is 8.42 Å². The van der Waals surface area contributed by atoms with Crippen LogP contribution in [-0.2, 0) is 10.0 Å². The van der Waals surface area contributed by atoms with Gasteiger partial charge in [0, 0.05) is 25.3 Å². The number of hydrogen-bond donors (Lipinski definition) is 2. The molecule has 0 bridgehead atoms. The van der Waals surface area contributed by atoms with Gasteiger partial charge in [-0.05, 0) is 24.6 Å². The number of anilines is 2. The van der Waals surface area contributed by atoms with E-state index in [1.54, 1.807) is 12.1 Å². The van der Waals surface area contributed by atoms with Crippen LogP contribution in [0.3, 0.4) is 0 Å². The predicted octanol–water partition coefficient (Wildman–Crippen LogP) is 0.777. The van der Waals surface area contributed by atoms with Crippen LogP contribution in [0, 0.1) is 0 Å². The summed E-state index contributed by atoms with van der Waals surface area (Å²) < 4.78 is 26.6. The molecule has 1 aromatic rings. The Balaban J connectivity index is 2.56. The van der Waals surface area contributed by atoms with Gasteiger partial charge in [0.15, 0.2) is 0 Å². The molecule has 0 unspecified atom stereocenters. The van der Waals surface area contributed by atoms with Crippen molar-refractivity contribution >= 4 is 21.4 Å². The van der Waals surface area contributed by atoms with Gasteiger partial charge in [-0.2, -0.15) is 0 Å². The Morgan fingerprint density at radius 1 is 1.47 bits per heavy atom. The van der Waals surface area contributed by atoms with Gasteiger partial charge in [0.05, 0.1) is 5.69 Å². The highest BCUT2D eigenvalue weighted by molar-refractivity contribution is 7.89. The van der Waals surface area contributed by atoms with Crippen LogP contribution < -0.4 is 15.4 Å². The van der Waals surface area contributed by atoms with Crippen LogP contribution in [0.25, 0.3) is 0 Å². The van der Waals surface area contributed by atoms with Gasteiger partial charge in [0.2, 0.25) is 10.0 Å². The quantitative estimate of drug-likeness (QED) is 0.766. The Morgan fingerprint density at radius 2 is 2.24 bits per heavy atom. The maximum Gasteiger partial charge on any atom is 0.242 e. The van der Waals surface area contributed by atoms with Crippen molar-refractivity contribution in [3.8, 4) is 0 Å². The van der Waals surface area contributed by atoms with Crippen LogP contribution >= 0.6 is 0 Å². The Hall–Kier alpha value is -1.27. The Labute approximate surface area is 102 Å². The molecule has 0 aromatic heterocycles. The zero-order valence-corrected chi connectivity index (χ0v) is 10.6. The lowest BCUT2D eigenvalue weighted by molar-refractivity contribution is 0.585. The van der Waals surface area contributed by atoms with Crippen molar-refractivity contribution in [3.63, 3.8) is 0 Å². The van der Waals surface area contributed by atoms with E-state index in [1.807, 2.05) is 0 Å². The van der Waals surface area contributed by atoms with Gasteiger partial charge in [0.25, 0.3) is 0 Å². The minimum Gasteiger partial charge on any atom is -0.399 e. The minimum absolute atomic E-state index is 0.281. The van der Waals surface area contributed by atoms with Crippen molar-refractivity contribution in [2.75, 3.05) is 30.3 Å². The zero-order chi connectivity index (χ0) is 12.5. The van der Waals surface area contributed by atoms with E-state index in [2.05, 4.69) is 16.5 Å². The summed E-state index contributed by atoms with van der Waals surface area (Å²) in [4.78, 5) is 2.36. The fourth-order valence-electron chi connectivity index (χ4n) is 2.02. The van der Waals surface area contributed by atoms with Gasteiger partial charge in [-0.3, -0.25) is 0 Å². The summed E-state index contributed by atoms with van der Waals surface area (Å²) >= 11 is 0. The van der Waals surface area contributed by atoms with Crippen molar-refractivity contribution in [1.29, 1.82) is 0 Å². The molecule has 1 aromatic carbocycles. The third-order valence-electron chi connectivity index (χ3n) is 2.78. The van der Waals surface area contributed by atoms with Crippen LogP contribution in [0.2, 0.25) is 0 Å².